The summed E-state index contributed by atoms with van der Waals surface area (Å²) in [4.78, 5) is 26.5. The van der Waals surface area contributed by atoms with Crippen molar-refractivity contribution < 1.29 is 22.7 Å². The van der Waals surface area contributed by atoms with Crippen molar-refractivity contribution in [3.63, 3.8) is 0 Å². The first-order chi connectivity index (χ1) is 14.7. The molecule has 1 saturated heterocycles. The van der Waals surface area contributed by atoms with Crippen molar-refractivity contribution in [2.75, 3.05) is 19.0 Å². The number of nitrogens with zero attached hydrogens (tertiary/aromatic N) is 2. The number of amidine groups is 1. The highest BCUT2D eigenvalue weighted by atomic mass is 32.2. The van der Waals surface area contributed by atoms with E-state index in [-0.39, 0.29) is 34.8 Å². The molecule has 0 bridgehead atoms. The fraction of sp³-hybridized carbons (Fsp3) is 0.286. The van der Waals surface area contributed by atoms with Crippen LogP contribution in [0.1, 0.15) is 18.9 Å². The maximum atomic E-state index is 12.7. The van der Waals surface area contributed by atoms with Crippen molar-refractivity contribution in [3.8, 4) is 5.75 Å². The number of carbonyl (C=O) groups is 2. The van der Waals surface area contributed by atoms with Crippen molar-refractivity contribution >= 4 is 44.5 Å². The number of carbonyl (C=O) groups excluding carboxylic acids is 2. The normalized spacial score (nSPS) is 17.8. The maximum Gasteiger partial charge on any atom is 0.284 e. The van der Waals surface area contributed by atoms with E-state index in [1.54, 1.807) is 43.3 Å². The van der Waals surface area contributed by atoms with E-state index in [2.05, 4.69) is 9.71 Å². The summed E-state index contributed by atoms with van der Waals surface area (Å²) in [5.41, 5.74) is 1.47. The zero-order chi connectivity index (χ0) is 22.6. The number of nitrogens with one attached hydrogen (secondary N) is 1. The average Bonchev–Trinajstić information content (AvgIpc) is 3.01. The highest BCUT2D eigenvalue weighted by Crippen LogP contribution is 2.31. The third-order valence-electron chi connectivity index (χ3n) is 4.58. The Morgan fingerprint density at radius 1 is 1.23 bits per heavy atom. The number of sulfonamides is 1. The molecule has 1 N–H and O–H groups in total. The van der Waals surface area contributed by atoms with Crippen LogP contribution in [0.4, 0.5) is 5.69 Å². The number of hydrogen-bond acceptors (Lipinski definition) is 6. The summed E-state index contributed by atoms with van der Waals surface area (Å²) in [6, 6.07) is 13.2. The van der Waals surface area contributed by atoms with E-state index in [9.17, 15) is 18.0 Å². The Hall–Kier alpha value is -2.85. The molecule has 3 rings (SSSR count). The molecule has 2 aromatic carbocycles. The van der Waals surface area contributed by atoms with Gasteiger partial charge in [0.05, 0.1) is 12.0 Å². The van der Waals surface area contributed by atoms with Crippen LogP contribution < -0.4 is 10.1 Å². The third kappa shape index (κ3) is 5.45. The smallest absolute Gasteiger partial charge is 0.284 e. The van der Waals surface area contributed by atoms with Gasteiger partial charge in [0, 0.05) is 24.7 Å². The van der Waals surface area contributed by atoms with E-state index in [0.717, 1.165) is 17.3 Å². The Bertz CT molecular complexity index is 1110. The van der Waals surface area contributed by atoms with Crippen molar-refractivity contribution in [1.82, 2.24) is 4.90 Å². The maximum absolute atomic E-state index is 12.7. The minimum absolute atomic E-state index is 0.0499. The van der Waals surface area contributed by atoms with Gasteiger partial charge in [-0.05, 0) is 38.1 Å². The minimum atomic E-state index is -3.98. The zero-order valence-corrected chi connectivity index (χ0v) is 19.0. The first-order valence-corrected chi connectivity index (χ1v) is 11.9. The van der Waals surface area contributed by atoms with Crippen LogP contribution in [-0.2, 0) is 19.6 Å². The molecular formula is C21H23N3O5S2. The molecule has 31 heavy (non-hydrogen) atoms. The van der Waals surface area contributed by atoms with E-state index in [4.69, 9.17) is 4.74 Å². The molecule has 0 unspecified atom stereocenters. The summed E-state index contributed by atoms with van der Waals surface area (Å²) < 4.78 is 34.3. The molecular weight excluding hydrogens is 438 g/mol. The van der Waals surface area contributed by atoms with Crippen molar-refractivity contribution in [2.24, 2.45) is 4.40 Å². The average molecular weight is 462 g/mol. The Kier molecular flexibility index (Phi) is 7.01. The number of rotatable bonds is 7. The van der Waals surface area contributed by atoms with Gasteiger partial charge < -0.3 is 10.1 Å². The number of anilines is 1. The van der Waals surface area contributed by atoms with Crippen molar-refractivity contribution in [2.45, 2.75) is 30.4 Å². The highest BCUT2D eigenvalue weighted by molar-refractivity contribution is 8.16. The van der Waals surface area contributed by atoms with Crippen LogP contribution in [-0.4, -0.2) is 49.2 Å². The number of methoxy groups -OCH3 is 1. The summed E-state index contributed by atoms with van der Waals surface area (Å²) in [5, 5.41) is 2.05. The van der Waals surface area contributed by atoms with Crippen LogP contribution in [0.15, 0.2) is 57.8 Å². The molecule has 10 heteroatoms. The van der Waals surface area contributed by atoms with Crippen LogP contribution in [0.2, 0.25) is 0 Å². The Labute approximate surface area is 185 Å². The molecule has 1 aliphatic heterocycles. The van der Waals surface area contributed by atoms with Gasteiger partial charge in [-0.15, -0.1) is 4.40 Å². The zero-order valence-electron chi connectivity index (χ0n) is 17.4. The van der Waals surface area contributed by atoms with E-state index in [1.807, 2.05) is 6.92 Å². The van der Waals surface area contributed by atoms with Gasteiger partial charge in [-0.2, -0.15) is 8.42 Å². The highest BCUT2D eigenvalue weighted by Gasteiger charge is 2.39. The molecule has 0 aromatic heterocycles. The lowest BCUT2D eigenvalue weighted by Crippen LogP contribution is -2.33. The van der Waals surface area contributed by atoms with Crippen LogP contribution in [0, 0.1) is 6.92 Å². The first kappa shape index (κ1) is 22.8. The quantitative estimate of drug-likeness (QED) is 0.680. The van der Waals surface area contributed by atoms with Crippen LogP contribution in [0.5, 0.6) is 5.75 Å². The van der Waals surface area contributed by atoms with Crippen molar-refractivity contribution in [1.29, 1.82) is 0 Å². The SMILES string of the molecule is CCN1C(=O)[C@H](CC(=O)Nc2cccc(OC)c2)SC1=NS(=O)(=O)c1ccc(C)cc1. The third-order valence-corrected chi connectivity index (χ3v) is 7.15. The molecule has 1 aliphatic rings. The van der Waals surface area contributed by atoms with Crippen LogP contribution in [0.25, 0.3) is 0 Å². The van der Waals surface area contributed by atoms with Crippen LogP contribution >= 0.6 is 11.8 Å². The fourth-order valence-electron chi connectivity index (χ4n) is 2.95. The molecule has 8 nitrogen and oxygen atoms in total. The van der Waals surface area contributed by atoms with E-state index < -0.39 is 15.3 Å². The number of ether oxygens (including phenoxy) is 1. The second kappa shape index (κ2) is 9.52. The number of amides is 2. The standard InChI is InChI=1S/C21H23N3O5S2/c1-4-24-20(26)18(13-19(25)22-15-6-5-7-16(12-15)29-3)30-21(24)23-31(27,28)17-10-8-14(2)9-11-17/h5-12,18H,4,13H2,1-3H3,(H,22,25)/t18-/m0/s1. The first-order valence-electron chi connectivity index (χ1n) is 9.57. The number of benzene rings is 2. The molecule has 1 fully saturated rings. The monoisotopic (exact) mass is 461 g/mol. The lowest BCUT2D eigenvalue weighted by Gasteiger charge is -2.13. The molecule has 2 aromatic rings. The minimum Gasteiger partial charge on any atom is -0.497 e. The Morgan fingerprint density at radius 3 is 2.58 bits per heavy atom. The molecule has 0 aliphatic carbocycles. The van der Waals surface area contributed by atoms with Gasteiger partial charge in [0.2, 0.25) is 11.8 Å². The molecule has 1 heterocycles. The summed E-state index contributed by atoms with van der Waals surface area (Å²) in [6.07, 6.45) is -0.110. The Morgan fingerprint density at radius 2 is 1.94 bits per heavy atom. The van der Waals surface area contributed by atoms with E-state index in [0.29, 0.717) is 11.4 Å². The van der Waals surface area contributed by atoms with Gasteiger partial charge in [0.25, 0.3) is 10.0 Å². The molecule has 2 amide bonds. The van der Waals surface area contributed by atoms with E-state index in [1.165, 1.54) is 24.1 Å². The molecule has 0 radical (unpaired) electrons. The van der Waals surface area contributed by atoms with Gasteiger partial charge in [0.15, 0.2) is 5.17 Å². The second-order valence-electron chi connectivity index (χ2n) is 6.84. The fourth-order valence-corrected chi connectivity index (χ4v) is 5.37. The topological polar surface area (TPSA) is 105 Å². The van der Waals surface area contributed by atoms with Gasteiger partial charge >= 0.3 is 0 Å². The van der Waals surface area contributed by atoms with Gasteiger partial charge in [-0.25, -0.2) is 0 Å². The molecule has 1 atom stereocenters. The predicted molar refractivity (Wildman–Crippen MR) is 121 cm³/mol. The van der Waals surface area contributed by atoms with Gasteiger partial charge in [-0.1, -0.05) is 35.5 Å². The largest absolute Gasteiger partial charge is 0.497 e. The second-order valence-corrected chi connectivity index (χ2v) is 9.61. The summed E-state index contributed by atoms with van der Waals surface area (Å²) in [7, 11) is -2.45. The van der Waals surface area contributed by atoms with E-state index >= 15 is 0 Å². The summed E-state index contributed by atoms with van der Waals surface area (Å²) in [6.45, 7) is 3.83. The molecule has 164 valence electrons. The lowest BCUT2D eigenvalue weighted by atomic mass is 10.2. The van der Waals surface area contributed by atoms with Crippen molar-refractivity contribution in [3.05, 3.63) is 54.1 Å². The summed E-state index contributed by atoms with van der Waals surface area (Å²) >= 11 is 0.984. The van der Waals surface area contributed by atoms with Crippen LogP contribution in [0.3, 0.4) is 0 Å². The van der Waals surface area contributed by atoms with Gasteiger partial charge in [0.1, 0.15) is 11.0 Å². The number of thioether (sulfide) groups is 1. The molecule has 0 saturated carbocycles. The number of hydrogen-bond donors (Lipinski definition) is 1. The number of aryl methyl sites for hydroxylation is 1. The summed E-state index contributed by atoms with van der Waals surface area (Å²) in [5.74, 6) is -0.110. The lowest BCUT2D eigenvalue weighted by molar-refractivity contribution is -0.128. The van der Waals surface area contributed by atoms with Gasteiger partial charge in [-0.3, -0.25) is 14.5 Å². The predicted octanol–water partition coefficient (Wildman–Crippen LogP) is 3.04. The molecule has 0 spiro atoms. The Balaban J connectivity index is 1.75.